The Morgan fingerprint density at radius 1 is 1.00 bits per heavy atom. The van der Waals surface area contributed by atoms with Crippen molar-refractivity contribution < 1.29 is 9.59 Å². The molecule has 4 rings (SSSR count). The van der Waals surface area contributed by atoms with E-state index in [-0.39, 0.29) is 6.04 Å². The molecule has 0 saturated carbocycles. The molecule has 0 aliphatic carbocycles. The third-order valence-corrected chi connectivity index (χ3v) is 6.50. The number of rotatable bonds is 5. The summed E-state index contributed by atoms with van der Waals surface area (Å²) in [5.74, 6) is -1.25. The monoisotopic (exact) mass is 419 g/mol. The van der Waals surface area contributed by atoms with E-state index in [1.54, 1.807) is 17.4 Å². The fraction of sp³-hybridized carbons (Fsp3) is 0.250. The van der Waals surface area contributed by atoms with Crippen molar-refractivity contribution >= 4 is 28.8 Å². The summed E-state index contributed by atoms with van der Waals surface area (Å²) in [6.07, 6.45) is 0.986. The summed E-state index contributed by atoms with van der Waals surface area (Å²) < 4.78 is 0. The summed E-state index contributed by atoms with van der Waals surface area (Å²) in [5.41, 5.74) is 4.29. The molecule has 154 valence electrons. The smallest absolute Gasteiger partial charge is 0.313 e. The molecule has 0 unspecified atom stereocenters. The number of carbonyl (C=O) groups excluding carboxylic acids is 2. The molecule has 1 aromatic heterocycles. The highest BCUT2D eigenvalue weighted by Gasteiger charge is 2.26. The number of amides is 2. The molecule has 2 aromatic carbocycles. The summed E-state index contributed by atoms with van der Waals surface area (Å²) in [7, 11) is 0. The van der Waals surface area contributed by atoms with Gasteiger partial charge in [-0.15, -0.1) is 11.3 Å². The van der Waals surface area contributed by atoms with Crippen LogP contribution in [0.15, 0.2) is 66.0 Å². The zero-order chi connectivity index (χ0) is 20.9. The van der Waals surface area contributed by atoms with Gasteiger partial charge in [-0.3, -0.25) is 14.5 Å². The SMILES string of the molecule is Cc1ccccc1NC(=O)C(=O)NC[C@H](c1cccs1)N1CCc2ccccc2C1. The van der Waals surface area contributed by atoms with Crippen molar-refractivity contribution in [2.45, 2.75) is 25.9 Å². The number of anilines is 1. The topological polar surface area (TPSA) is 61.4 Å². The lowest BCUT2D eigenvalue weighted by atomic mass is 9.98. The Morgan fingerprint density at radius 3 is 2.53 bits per heavy atom. The van der Waals surface area contributed by atoms with Crippen LogP contribution in [0.3, 0.4) is 0 Å². The van der Waals surface area contributed by atoms with Crippen molar-refractivity contribution in [2.75, 3.05) is 18.4 Å². The molecule has 1 aliphatic rings. The van der Waals surface area contributed by atoms with Crippen molar-refractivity contribution in [1.82, 2.24) is 10.2 Å². The Kier molecular flexibility index (Phi) is 6.26. The van der Waals surface area contributed by atoms with Crippen LogP contribution in [0.4, 0.5) is 5.69 Å². The van der Waals surface area contributed by atoms with Gasteiger partial charge in [0.05, 0.1) is 6.04 Å². The zero-order valence-electron chi connectivity index (χ0n) is 16.9. The molecule has 0 fully saturated rings. The lowest BCUT2D eigenvalue weighted by molar-refractivity contribution is -0.136. The Bertz CT molecular complexity index is 1030. The Balaban J connectivity index is 1.43. The molecular formula is C24H25N3O2S. The van der Waals surface area contributed by atoms with Crippen LogP contribution in [0.5, 0.6) is 0 Å². The highest BCUT2D eigenvalue weighted by atomic mass is 32.1. The van der Waals surface area contributed by atoms with Crippen LogP contribution in [-0.4, -0.2) is 29.8 Å². The molecule has 30 heavy (non-hydrogen) atoms. The summed E-state index contributed by atoms with van der Waals surface area (Å²) in [6, 6.07) is 20.1. The van der Waals surface area contributed by atoms with Gasteiger partial charge in [-0.25, -0.2) is 0 Å². The van der Waals surface area contributed by atoms with Gasteiger partial charge >= 0.3 is 11.8 Å². The van der Waals surface area contributed by atoms with Crippen molar-refractivity contribution in [3.63, 3.8) is 0 Å². The predicted molar refractivity (Wildman–Crippen MR) is 120 cm³/mol. The number of thiophene rings is 1. The fourth-order valence-corrected chi connectivity index (χ4v) is 4.70. The van der Waals surface area contributed by atoms with E-state index in [0.29, 0.717) is 12.2 Å². The number of para-hydroxylation sites is 1. The number of nitrogens with zero attached hydrogens (tertiary/aromatic N) is 1. The Morgan fingerprint density at radius 2 is 1.77 bits per heavy atom. The van der Waals surface area contributed by atoms with E-state index in [1.807, 2.05) is 36.6 Å². The number of fused-ring (bicyclic) bond motifs is 1. The maximum absolute atomic E-state index is 12.5. The first-order valence-corrected chi connectivity index (χ1v) is 11.0. The highest BCUT2D eigenvalue weighted by Crippen LogP contribution is 2.30. The molecule has 0 bridgehead atoms. The molecule has 1 aliphatic heterocycles. The first-order valence-electron chi connectivity index (χ1n) is 10.1. The third-order valence-electron chi connectivity index (χ3n) is 5.53. The van der Waals surface area contributed by atoms with Gasteiger partial charge in [0.2, 0.25) is 0 Å². The molecule has 0 saturated heterocycles. The van der Waals surface area contributed by atoms with E-state index in [0.717, 1.165) is 25.1 Å². The van der Waals surface area contributed by atoms with E-state index >= 15 is 0 Å². The maximum Gasteiger partial charge on any atom is 0.313 e. The van der Waals surface area contributed by atoms with Crippen LogP contribution in [0.2, 0.25) is 0 Å². The van der Waals surface area contributed by atoms with Crippen LogP contribution in [0, 0.1) is 6.92 Å². The van der Waals surface area contributed by atoms with Gasteiger partial charge < -0.3 is 10.6 Å². The summed E-state index contributed by atoms with van der Waals surface area (Å²) in [4.78, 5) is 28.4. The van der Waals surface area contributed by atoms with Crippen LogP contribution in [-0.2, 0) is 22.6 Å². The van der Waals surface area contributed by atoms with E-state index < -0.39 is 11.8 Å². The molecule has 0 spiro atoms. The first-order chi connectivity index (χ1) is 14.6. The fourth-order valence-electron chi connectivity index (χ4n) is 3.84. The molecule has 2 heterocycles. The first kappa shape index (κ1) is 20.3. The van der Waals surface area contributed by atoms with Gasteiger partial charge in [-0.1, -0.05) is 48.5 Å². The van der Waals surface area contributed by atoms with Crippen LogP contribution >= 0.6 is 11.3 Å². The van der Waals surface area contributed by atoms with Crippen molar-refractivity contribution in [3.8, 4) is 0 Å². The lowest BCUT2D eigenvalue weighted by Gasteiger charge is -2.35. The van der Waals surface area contributed by atoms with Crippen molar-refractivity contribution in [1.29, 1.82) is 0 Å². The van der Waals surface area contributed by atoms with Gasteiger partial charge in [0, 0.05) is 30.2 Å². The minimum absolute atomic E-state index is 0.0357. The molecule has 2 amide bonds. The minimum Gasteiger partial charge on any atom is -0.346 e. The molecule has 5 nitrogen and oxygen atoms in total. The molecular weight excluding hydrogens is 394 g/mol. The number of hydrogen-bond donors (Lipinski definition) is 2. The average Bonchev–Trinajstić information content (AvgIpc) is 3.30. The maximum atomic E-state index is 12.5. The predicted octanol–water partition coefficient (Wildman–Crippen LogP) is 3.91. The Labute approximate surface area is 180 Å². The molecule has 2 N–H and O–H groups in total. The van der Waals surface area contributed by atoms with Gasteiger partial charge in [-0.05, 0) is 47.5 Å². The van der Waals surface area contributed by atoms with Crippen LogP contribution < -0.4 is 10.6 Å². The standard InChI is InChI=1S/C24H25N3O2S/c1-17-7-2-5-10-20(17)26-24(29)23(28)25-15-21(22-11-6-14-30-22)27-13-12-18-8-3-4-9-19(18)16-27/h2-11,14,21H,12-13,15-16H2,1H3,(H,25,28)(H,26,29)/t21-/m1/s1. The second-order valence-corrected chi connectivity index (χ2v) is 8.48. The van der Waals surface area contributed by atoms with Crippen LogP contribution in [0.1, 0.15) is 27.6 Å². The average molecular weight is 420 g/mol. The third kappa shape index (κ3) is 4.61. The quantitative estimate of drug-likeness (QED) is 0.617. The van der Waals surface area contributed by atoms with Gasteiger partial charge in [-0.2, -0.15) is 0 Å². The minimum atomic E-state index is -0.641. The number of benzene rings is 2. The van der Waals surface area contributed by atoms with E-state index in [2.05, 4.69) is 45.9 Å². The van der Waals surface area contributed by atoms with Gasteiger partial charge in [0.25, 0.3) is 0 Å². The van der Waals surface area contributed by atoms with E-state index in [9.17, 15) is 9.59 Å². The normalized spacial score (nSPS) is 14.6. The molecule has 6 heteroatoms. The molecule has 1 atom stereocenters. The summed E-state index contributed by atoms with van der Waals surface area (Å²) in [6.45, 7) is 4.05. The van der Waals surface area contributed by atoms with Crippen molar-refractivity contribution in [2.24, 2.45) is 0 Å². The number of carbonyl (C=O) groups is 2. The second-order valence-electron chi connectivity index (χ2n) is 7.50. The second kappa shape index (κ2) is 9.24. The van der Waals surface area contributed by atoms with E-state index in [1.165, 1.54) is 16.0 Å². The summed E-state index contributed by atoms with van der Waals surface area (Å²) >= 11 is 1.68. The molecule has 0 radical (unpaired) electrons. The Hall–Kier alpha value is -2.96. The number of hydrogen-bond acceptors (Lipinski definition) is 4. The van der Waals surface area contributed by atoms with Crippen molar-refractivity contribution in [3.05, 3.63) is 87.6 Å². The largest absolute Gasteiger partial charge is 0.346 e. The molecule has 3 aromatic rings. The number of aryl methyl sites for hydroxylation is 1. The van der Waals surface area contributed by atoms with E-state index in [4.69, 9.17) is 0 Å². The lowest BCUT2D eigenvalue weighted by Crippen LogP contribution is -2.43. The van der Waals surface area contributed by atoms with Gasteiger partial charge in [0.15, 0.2) is 0 Å². The zero-order valence-corrected chi connectivity index (χ0v) is 17.7. The number of nitrogens with one attached hydrogen (secondary N) is 2. The summed E-state index contributed by atoms with van der Waals surface area (Å²) in [5, 5.41) is 7.59. The van der Waals surface area contributed by atoms with Gasteiger partial charge in [0.1, 0.15) is 0 Å². The highest BCUT2D eigenvalue weighted by molar-refractivity contribution is 7.10. The van der Waals surface area contributed by atoms with Crippen LogP contribution in [0.25, 0.3) is 0 Å².